The van der Waals surface area contributed by atoms with Gasteiger partial charge in [0.25, 0.3) is 0 Å². The molecule has 3 heteroatoms. The summed E-state index contributed by atoms with van der Waals surface area (Å²) in [7, 11) is 4.40. The average Bonchev–Trinajstić information content (AvgIpc) is 2.46. The molecule has 3 nitrogen and oxygen atoms in total. The molecule has 1 saturated heterocycles. The van der Waals surface area contributed by atoms with Gasteiger partial charge in [0, 0.05) is 12.6 Å². The number of nitrogens with one attached hydrogen (secondary N) is 1. The second-order valence-corrected chi connectivity index (χ2v) is 7.19. The van der Waals surface area contributed by atoms with Crippen molar-refractivity contribution in [1.82, 2.24) is 15.1 Å². The predicted molar refractivity (Wildman–Crippen MR) is 87.2 cm³/mol. The summed E-state index contributed by atoms with van der Waals surface area (Å²) in [6, 6.07) is 0.828. The minimum absolute atomic E-state index is 0.828. The summed E-state index contributed by atoms with van der Waals surface area (Å²) < 4.78 is 0. The van der Waals surface area contributed by atoms with Crippen LogP contribution in [0.15, 0.2) is 0 Å². The van der Waals surface area contributed by atoms with Crippen LogP contribution >= 0.6 is 0 Å². The molecule has 0 atom stereocenters. The molecule has 20 heavy (non-hydrogen) atoms. The summed E-state index contributed by atoms with van der Waals surface area (Å²) >= 11 is 0. The fraction of sp³-hybridized carbons (Fsp3) is 1.00. The second kappa shape index (κ2) is 9.01. The molecular formula is C17H35N3. The van der Waals surface area contributed by atoms with Gasteiger partial charge in [-0.15, -0.1) is 0 Å². The first-order valence-corrected chi connectivity index (χ1v) is 8.84. The van der Waals surface area contributed by atoms with E-state index in [1.165, 1.54) is 84.1 Å². The van der Waals surface area contributed by atoms with Gasteiger partial charge in [0.15, 0.2) is 0 Å². The third kappa shape index (κ3) is 6.11. The lowest BCUT2D eigenvalue weighted by atomic mass is 9.95. The zero-order valence-corrected chi connectivity index (χ0v) is 13.7. The molecule has 1 saturated carbocycles. The Labute approximate surface area is 126 Å². The highest BCUT2D eigenvalue weighted by Gasteiger charge is 2.19. The van der Waals surface area contributed by atoms with E-state index in [-0.39, 0.29) is 0 Å². The van der Waals surface area contributed by atoms with E-state index < -0.39 is 0 Å². The zero-order chi connectivity index (χ0) is 14.2. The van der Waals surface area contributed by atoms with E-state index in [9.17, 15) is 0 Å². The van der Waals surface area contributed by atoms with E-state index >= 15 is 0 Å². The number of hydrogen-bond donors (Lipinski definition) is 1. The van der Waals surface area contributed by atoms with Gasteiger partial charge >= 0.3 is 0 Å². The van der Waals surface area contributed by atoms with E-state index in [2.05, 4.69) is 29.2 Å². The van der Waals surface area contributed by atoms with Gasteiger partial charge in [0.1, 0.15) is 0 Å². The third-order valence-corrected chi connectivity index (χ3v) is 5.02. The summed E-state index contributed by atoms with van der Waals surface area (Å²) in [5.41, 5.74) is 0. The Bertz CT molecular complexity index is 241. The van der Waals surface area contributed by atoms with Crippen molar-refractivity contribution in [1.29, 1.82) is 0 Å². The van der Waals surface area contributed by atoms with Crippen molar-refractivity contribution in [2.45, 2.75) is 57.4 Å². The molecule has 2 aliphatic rings. The van der Waals surface area contributed by atoms with Crippen LogP contribution in [-0.2, 0) is 0 Å². The van der Waals surface area contributed by atoms with Crippen LogP contribution in [-0.4, -0.2) is 62.7 Å². The topological polar surface area (TPSA) is 18.5 Å². The number of likely N-dealkylation sites (tertiary alicyclic amines) is 1. The zero-order valence-electron chi connectivity index (χ0n) is 13.7. The van der Waals surface area contributed by atoms with E-state index in [0.717, 1.165) is 12.0 Å². The minimum atomic E-state index is 0.828. The average molecular weight is 281 g/mol. The smallest absolute Gasteiger partial charge is 0.00670 e. The summed E-state index contributed by atoms with van der Waals surface area (Å²) in [6.45, 7) is 6.44. The number of rotatable bonds is 7. The van der Waals surface area contributed by atoms with E-state index in [4.69, 9.17) is 0 Å². The molecular weight excluding hydrogens is 246 g/mol. The molecule has 0 radical (unpaired) electrons. The fourth-order valence-electron chi connectivity index (χ4n) is 3.82. The van der Waals surface area contributed by atoms with E-state index in [1.54, 1.807) is 0 Å². The molecule has 0 aromatic carbocycles. The van der Waals surface area contributed by atoms with Crippen molar-refractivity contribution in [2.24, 2.45) is 5.92 Å². The highest BCUT2D eigenvalue weighted by molar-refractivity contribution is 4.75. The van der Waals surface area contributed by atoms with Crippen molar-refractivity contribution >= 4 is 0 Å². The molecule has 1 aliphatic carbocycles. The van der Waals surface area contributed by atoms with E-state index in [1.807, 2.05) is 0 Å². The molecule has 0 bridgehead atoms. The van der Waals surface area contributed by atoms with Gasteiger partial charge in [-0.1, -0.05) is 19.3 Å². The molecule has 1 N–H and O–H groups in total. The molecule has 1 heterocycles. The molecule has 0 aromatic rings. The summed E-state index contributed by atoms with van der Waals surface area (Å²) in [4.78, 5) is 5.02. The van der Waals surface area contributed by atoms with E-state index in [0.29, 0.717) is 0 Å². The molecule has 1 aliphatic heterocycles. The summed E-state index contributed by atoms with van der Waals surface area (Å²) in [6.07, 6.45) is 11.3. The van der Waals surface area contributed by atoms with Crippen LogP contribution in [0.1, 0.15) is 51.4 Å². The number of nitrogens with zero attached hydrogens (tertiary/aromatic N) is 2. The predicted octanol–water partition coefficient (Wildman–Crippen LogP) is 2.57. The van der Waals surface area contributed by atoms with Crippen LogP contribution in [0.2, 0.25) is 0 Å². The van der Waals surface area contributed by atoms with Gasteiger partial charge in [0.2, 0.25) is 0 Å². The van der Waals surface area contributed by atoms with Gasteiger partial charge in [0.05, 0.1) is 0 Å². The maximum absolute atomic E-state index is 3.76. The summed E-state index contributed by atoms with van der Waals surface area (Å²) in [5, 5.41) is 3.76. The lowest BCUT2D eigenvalue weighted by Gasteiger charge is -2.33. The van der Waals surface area contributed by atoms with Gasteiger partial charge < -0.3 is 15.1 Å². The van der Waals surface area contributed by atoms with Crippen molar-refractivity contribution < 1.29 is 0 Å². The van der Waals surface area contributed by atoms with Crippen molar-refractivity contribution in [3.05, 3.63) is 0 Å². The number of piperidine rings is 1. The SMILES string of the molecule is CN(C)CC1CCN(CCCNC2CCCCC2)CC1. The Morgan fingerprint density at radius 1 is 1.00 bits per heavy atom. The summed E-state index contributed by atoms with van der Waals surface area (Å²) in [5.74, 6) is 0.932. The van der Waals surface area contributed by atoms with Crippen LogP contribution in [0.5, 0.6) is 0 Å². The molecule has 118 valence electrons. The molecule has 2 rings (SSSR count). The van der Waals surface area contributed by atoms with Crippen LogP contribution < -0.4 is 5.32 Å². The molecule has 0 unspecified atom stereocenters. The van der Waals surface area contributed by atoms with Gasteiger partial charge in [-0.3, -0.25) is 0 Å². The second-order valence-electron chi connectivity index (χ2n) is 7.19. The number of hydrogen-bond acceptors (Lipinski definition) is 3. The lowest BCUT2D eigenvalue weighted by molar-refractivity contribution is 0.160. The highest BCUT2D eigenvalue weighted by Crippen LogP contribution is 2.18. The quantitative estimate of drug-likeness (QED) is 0.724. The maximum Gasteiger partial charge on any atom is 0.00670 e. The molecule has 0 spiro atoms. The normalized spacial score (nSPS) is 23.6. The van der Waals surface area contributed by atoms with Gasteiger partial charge in [-0.25, -0.2) is 0 Å². The molecule has 0 aromatic heterocycles. The van der Waals surface area contributed by atoms with Crippen molar-refractivity contribution in [2.75, 3.05) is 46.8 Å². The van der Waals surface area contributed by atoms with Crippen LogP contribution in [0, 0.1) is 5.92 Å². The van der Waals surface area contributed by atoms with Gasteiger partial charge in [-0.05, 0) is 78.3 Å². The maximum atomic E-state index is 3.76. The largest absolute Gasteiger partial charge is 0.314 e. The van der Waals surface area contributed by atoms with Crippen LogP contribution in [0.4, 0.5) is 0 Å². The Hall–Kier alpha value is -0.120. The van der Waals surface area contributed by atoms with Crippen LogP contribution in [0.25, 0.3) is 0 Å². The Morgan fingerprint density at radius 2 is 1.70 bits per heavy atom. The fourth-order valence-corrected chi connectivity index (χ4v) is 3.82. The van der Waals surface area contributed by atoms with Crippen molar-refractivity contribution in [3.63, 3.8) is 0 Å². The first kappa shape index (κ1) is 16.3. The van der Waals surface area contributed by atoms with Crippen LogP contribution in [0.3, 0.4) is 0 Å². The van der Waals surface area contributed by atoms with Gasteiger partial charge in [-0.2, -0.15) is 0 Å². The Morgan fingerprint density at radius 3 is 2.35 bits per heavy atom. The first-order valence-electron chi connectivity index (χ1n) is 8.84. The Kier molecular flexibility index (Phi) is 7.32. The first-order chi connectivity index (χ1) is 9.74. The molecule has 2 fully saturated rings. The Balaban J connectivity index is 1.48. The standard InChI is InChI=1S/C17H35N3/c1-19(2)15-16-9-13-20(14-10-16)12-6-11-18-17-7-4-3-5-8-17/h16-18H,3-15H2,1-2H3. The van der Waals surface area contributed by atoms with Crippen molar-refractivity contribution in [3.8, 4) is 0 Å². The monoisotopic (exact) mass is 281 g/mol. The highest BCUT2D eigenvalue weighted by atomic mass is 15.1. The lowest BCUT2D eigenvalue weighted by Crippen LogP contribution is -2.39. The minimum Gasteiger partial charge on any atom is -0.314 e. The molecule has 0 amide bonds. The third-order valence-electron chi connectivity index (χ3n) is 5.02.